The second-order valence-electron chi connectivity index (χ2n) is 6.82. The molecular weight excluding hydrogens is 460 g/mol. The normalized spacial score (nSPS) is 15.9. The Morgan fingerprint density at radius 3 is 2.58 bits per heavy atom. The molecule has 31 heavy (non-hydrogen) atoms. The molecule has 0 radical (unpaired) electrons. The molecule has 0 N–H and O–H groups in total. The second kappa shape index (κ2) is 9.39. The number of carbonyl (C=O) groups excluding carboxylic acids is 1. The Hall–Kier alpha value is -2.41. The summed E-state index contributed by atoms with van der Waals surface area (Å²) in [6.45, 7) is 0.00959. The van der Waals surface area contributed by atoms with Crippen molar-refractivity contribution in [3.05, 3.63) is 87.7 Å². The van der Waals surface area contributed by atoms with E-state index in [1.54, 1.807) is 47.4 Å². The van der Waals surface area contributed by atoms with E-state index in [2.05, 4.69) is 0 Å². The van der Waals surface area contributed by atoms with E-state index >= 15 is 0 Å². The molecule has 160 valence electrons. The number of hydrogen-bond acceptors (Lipinski definition) is 4. The minimum atomic E-state index is -0.353. The first kappa shape index (κ1) is 21.8. The van der Waals surface area contributed by atoms with Gasteiger partial charge in [0.2, 0.25) is 5.91 Å². The molecule has 0 bridgehead atoms. The molecule has 1 heterocycles. The summed E-state index contributed by atoms with van der Waals surface area (Å²) in [6.07, 6.45) is 0. The third-order valence-corrected chi connectivity index (χ3v) is 6.58. The average molecular weight is 478 g/mol. The van der Waals surface area contributed by atoms with E-state index in [9.17, 15) is 9.18 Å². The van der Waals surface area contributed by atoms with E-state index in [4.69, 9.17) is 32.7 Å². The Morgan fingerprint density at radius 2 is 1.87 bits per heavy atom. The van der Waals surface area contributed by atoms with E-state index in [-0.39, 0.29) is 23.7 Å². The van der Waals surface area contributed by atoms with Crippen molar-refractivity contribution in [3.63, 3.8) is 0 Å². The predicted molar refractivity (Wildman–Crippen MR) is 123 cm³/mol. The van der Waals surface area contributed by atoms with E-state index in [1.807, 2.05) is 12.1 Å². The van der Waals surface area contributed by atoms with E-state index < -0.39 is 0 Å². The molecule has 3 aromatic carbocycles. The lowest BCUT2D eigenvalue weighted by molar-refractivity contribution is -0.115. The van der Waals surface area contributed by atoms with Gasteiger partial charge in [-0.25, -0.2) is 4.39 Å². The molecule has 0 aliphatic carbocycles. The summed E-state index contributed by atoms with van der Waals surface area (Å²) in [5.41, 5.74) is 1.96. The maximum absolute atomic E-state index is 13.9. The number of halogens is 3. The van der Waals surface area contributed by atoms with Crippen molar-refractivity contribution in [2.24, 2.45) is 0 Å². The summed E-state index contributed by atoms with van der Waals surface area (Å²) in [5, 5.41) is 0.642. The molecule has 1 saturated heterocycles. The van der Waals surface area contributed by atoms with E-state index in [0.29, 0.717) is 32.9 Å². The van der Waals surface area contributed by atoms with Gasteiger partial charge >= 0.3 is 0 Å². The first-order valence-corrected chi connectivity index (χ1v) is 11.2. The van der Waals surface area contributed by atoms with Gasteiger partial charge in [0.05, 0.1) is 17.9 Å². The zero-order valence-electron chi connectivity index (χ0n) is 16.5. The number of benzene rings is 3. The summed E-state index contributed by atoms with van der Waals surface area (Å²) in [6, 6.07) is 17.0. The van der Waals surface area contributed by atoms with Crippen molar-refractivity contribution in [1.82, 2.24) is 0 Å². The zero-order valence-corrected chi connectivity index (χ0v) is 18.8. The van der Waals surface area contributed by atoms with Crippen molar-refractivity contribution in [2.45, 2.75) is 12.0 Å². The van der Waals surface area contributed by atoms with Gasteiger partial charge in [-0.2, -0.15) is 0 Å². The Bertz CT molecular complexity index is 1110. The van der Waals surface area contributed by atoms with Gasteiger partial charge in [0.1, 0.15) is 17.8 Å². The van der Waals surface area contributed by atoms with Crippen LogP contribution in [-0.4, -0.2) is 18.8 Å². The third-order valence-electron chi connectivity index (χ3n) is 4.84. The fourth-order valence-electron chi connectivity index (χ4n) is 3.34. The van der Waals surface area contributed by atoms with Gasteiger partial charge in [0.15, 0.2) is 11.5 Å². The lowest BCUT2D eigenvalue weighted by atomic mass is 10.1. The third kappa shape index (κ3) is 4.61. The van der Waals surface area contributed by atoms with Crippen LogP contribution in [0, 0.1) is 5.82 Å². The van der Waals surface area contributed by atoms with Crippen LogP contribution in [0.2, 0.25) is 10.0 Å². The molecule has 1 atom stereocenters. The molecule has 4 rings (SSSR count). The zero-order chi connectivity index (χ0) is 22.0. The largest absolute Gasteiger partial charge is 0.493 e. The highest BCUT2D eigenvalue weighted by Crippen LogP contribution is 2.46. The molecule has 0 unspecified atom stereocenters. The Labute approximate surface area is 193 Å². The number of anilines is 1. The molecule has 0 saturated carbocycles. The van der Waals surface area contributed by atoms with Crippen LogP contribution < -0.4 is 14.4 Å². The van der Waals surface area contributed by atoms with Crippen molar-refractivity contribution in [2.75, 3.05) is 17.8 Å². The number of ether oxygens (including phenoxy) is 2. The van der Waals surface area contributed by atoms with Crippen LogP contribution in [0.3, 0.4) is 0 Å². The first-order chi connectivity index (χ1) is 15.0. The number of methoxy groups -OCH3 is 1. The molecule has 1 amide bonds. The fourth-order valence-corrected chi connectivity index (χ4v) is 4.90. The van der Waals surface area contributed by atoms with Gasteiger partial charge in [0, 0.05) is 16.3 Å². The Balaban J connectivity index is 1.63. The molecule has 0 aromatic heterocycles. The van der Waals surface area contributed by atoms with Gasteiger partial charge < -0.3 is 9.47 Å². The molecule has 1 aliphatic rings. The number of amides is 1. The highest BCUT2D eigenvalue weighted by atomic mass is 35.5. The second-order valence-corrected chi connectivity index (χ2v) is 8.73. The van der Waals surface area contributed by atoms with Gasteiger partial charge in [-0.05, 0) is 48.0 Å². The number of nitrogens with zero attached hydrogens (tertiary/aromatic N) is 1. The minimum Gasteiger partial charge on any atom is -0.493 e. The molecule has 1 aliphatic heterocycles. The van der Waals surface area contributed by atoms with Crippen LogP contribution >= 0.6 is 35.0 Å². The summed E-state index contributed by atoms with van der Waals surface area (Å²) >= 11 is 14.0. The van der Waals surface area contributed by atoms with Crippen LogP contribution in [0.15, 0.2) is 60.7 Å². The first-order valence-electron chi connectivity index (χ1n) is 9.41. The predicted octanol–water partition coefficient (Wildman–Crippen LogP) is 6.50. The van der Waals surface area contributed by atoms with Crippen LogP contribution in [0.1, 0.15) is 16.5 Å². The topological polar surface area (TPSA) is 38.8 Å². The fraction of sp³-hybridized carbons (Fsp3) is 0.174. The standard InChI is InChI=1S/C23H18Cl2FNO3S/c1-29-20-11-15(10-18(25)22(20)30-12-14-4-2-3-5-19(14)26)23-27(21(28)13-31-23)17-8-6-16(24)7-9-17/h2-11,23H,12-13H2,1H3/t23-/m1/s1. The van der Waals surface area contributed by atoms with Gasteiger partial charge in [-0.15, -0.1) is 11.8 Å². The van der Waals surface area contributed by atoms with Crippen molar-refractivity contribution >= 4 is 46.6 Å². The highest BCUT2D eigenvalue weighted by Gasteiger charge is 2.35. The molecule has 1 fully saturated rings. The van der Waals surface area contributed by atoms with Gasteiger partial charge in [-0.3, -0.25) is 9.69 Å². The van der Waals surface area contributed by atoms with E-state index in [0.717, 1.165) is 11.3 Å². The van der Waals surface area contributed by atoms with E-state index in [1.165, 1.54) is 24.9 Å². The number of carbonyl (C=O) groups is 1. The van der Waals surface area contributed by atoms with Crippen LogP contribution in [0.4, 0.5) is 10.1 Å². The minimum absolute atomic E-state index is 0.00714. The van der Waals surface area contributed by atoms with Gasteiger partial charge in [0.25, 0.3) is 0 Å². The number of rotatable bonds is 6. The smallest absolute Gasteiger partial charge is 0.238 e. The molecule has 0 spiro atoms. The van der Waals surface area contributed by atoms with Crippen molar-refractivity contribution < 1.29 is 18.7 Å². The van der Waals surface area contributed by atoms with Crippen molar-refractivity contribution in [3.8, 4) is 11.5 Å². The highest BCUT2D eigenvalue weighted by molar-refractivity contribution is 8.00. The maximum Gasteiger partial charge on any atom is 0.238 e. The Kier molecular flexibility index (Phi) is 6.60. The molecule has 8 heteroatoms. The van der Waals surface area contributed by atoms with Crippen LogP contribution in [-0.2, 0) is 11.4 Å². The average Bonchev–Trinajstić information content (AvgIpc) is 3.15. The molecule has 3 aromatic rings. The molecule has 4 nitrogen and oxygen atoms in total. The summed E-state index contributed by atoms with van der Waals surface area (Å²) in [4.78, 5) is 14.3. The number of hydrogen-bond donors (Lipinski definition) is 0. The van der Waals surface area contributed by atoms with Gasteiger partial charge in [-0.1, -0.05) is 41.4 Å². The summed E-state index contributed by atoms with van der Waals surface area (Å²) in [7, 11) is 1.51. The monoisotopic (exact) mass is 477 g/mol. The van der Waals surface area contributed by atoms with Crippen LogP contribution in [0.5, 0.6) is 11.5 Å². The lowest BCUT2D eigenvalue weighted by Gasteiger charge is -2.25. The quantitative estimate of drug-likeness (QED) is 0.406. The lowest BCUT2D eigenvalue weighted by Crippen LogP contribution is -2.27. The van der Waals surface area contributed by atoms with Crippen molar-refractivity contribution in [1.29, 1.82) is 0 Å². The Morgan fingerprint density at radius 1 is 1.13 bits per heavy atom. The number of thioether (sulfide) groups is 1. The maximum atomic E-state index is 13.9. The summed E-state index contributed by atoms with van der Waals surface area (Å²) < 4.78 is 25.2. The SMILES string of the molecule is COc1cc([C@H]2SCC(=O)N2c2ccc(Cl)cc2)cc(Cl)c1OCc1ccccc1F. The molecular formula is C23H18Cl2FNO3S. The summed E-state index contributed by atoms with van der Waals surface area (Å²) in [5.74, 6) is 0.720. The van der Waals surface area contributed by atoms with Crippen LogP contribution in [0.25, 0.3) is 0 Å².